The van der Waals surface area contributed by atoms with Crippen LogP contribution < -0.4 is 0 Å². The molecule has 2 rings (SSSR count). The molecule has 0 aromatic rings. The van der Waals surface area contributed by atoms with Gasteiger partial charge in [-0.25, -0.2) is 4.79 Å². The molecular weight excluding hydrogens is 294 g/mol. The van der Waals surface area contributed by atoms with E-state index in [-0.39, 0.29) is 44.8 Å². The van der Waals surface area contributed by atoms with E-state index in [2.05, 4.69) is 0 Å². The van der Waals surface area contributed by atoms with Crippen molar-refractivity contribution in [3.63, 3.8) is 0 Å². The van der Waals surface area contributed by atoms with Gasteiger partial charge in [0.05, 0.1) is 18.6 Å². The third-order valence-corrected chi connectivity index (χ3v) is 3.96. The molecule has 9 nitrogen and oxygen atoms in total. The van der Waals surface area contributed by atoms with Crippen molar-refractivity contribution in [2.24, 2.45) is 5.92 Å². The monoisotopic (exact) mass is 317 g/mol. The second-order valence-electron chi connectivity index (χ2n) is 5.25. The van der Waals surface area contributed by atoms with Crippen molar-refractivity contribution in [1.82, 2.24) is 14.7 Å². The summed E-state index contributed by atoms with van der Waals surface area (Å²) in [5.74, 6) is -0.556. The molecular formula is C13H23N3O6. The van der Waals surface area contributed by atoms with E-state index in [0.29, 0.717) is 0 Å². The Kier molecular flexibility index (Phi) is 5.57. The Balaban J connectivity index is 2.36. The first kappa shape index (κ1) is 16.9. The van der Waals surface area contributed by atoms with Gasteiger partial charge in [-0.3, -0.25) is 19.5 Å². The minimum Gasteiger partial charge on any atom is -0.384 e. The summed E-state index contributed by atoms with van der Waals surface area (Å²) >= 11 is 0. The highest BCUT2D eigenvalue weighted by Gasteiger charge is 2.60. The van der Waals surface area contributed by atoms with Crippen LogP contribution in [-0.2, 0) is 23.7 Å². The first-order valence-corrected chi connectivity index (χ1v) is 6.95. The van der Waals surface area contributed by atoms with E-state index in [4.69, 9.17) is 18.9 Å². The van der Waals surface area contributed by atoms with Crippen molar-refractivity contribution in [3.05, 3.63) is 0 Å². The molecule has 2 heterocycles. The Morgan fingerprint density at radius 2 is 1.36 bits per heavy atom. The third-order valence-electron chi connectivity index (χ3n) is 3.96. The van der Waals surface area contributed by atoms with Gasteiger partial charge in [0.1, 0.15) is 26.4 Å². The molecule has 9 heteroatoms. The summed E-state index contributed by atoms with van der Waals surface area (Å²) in [4.78, 5) is 29.8. The van der Waals surface area contributed by atoms with E-state index < -0.39 is 12.1 Å². The Morgan fingerprint density at radius 1 is 0.818 bits per heavy atom. The van der Waals surface area contributed by atoms with Crippen molar-refractivity contribution in [3.8, 4) is 0 Å². The summed E-state index contributed by atoms with van der Waals surface area (Å²) in [7, 11) is 6.06. The second kappa shape index (κ2) is 7.23. The van der Waals surface area contributed by atoms with Crippen molar-refractivity contribution >= 4 is 11.9 Å². The molecule has 0 N–H and O–H groups in total. The normalized spacial score (nSPS) is 28.0. The van der Waals surface area contributed by atoms with Gasteiger partial charge < -0.3 is 18.9 Å². The average molecular weight is 317 g/mol. The first-order chi connectivity index (χ1) is 10.6. The zero-order valence-electron chi connectivity index (χ0n) is 13.4. The average Bonchev–Trinajstić information content (AvgIpc) is 2.90. The van der Waals surface area contributed by atoms with E-state index in [0.717, 1.165) is 0 Å². The maximum Gasteiger partial charge on any atom is 0.325 e. The predicted octanol–water partition coefficient (Wildman–Crippen LogP) is -0.665. The predicted molar refractivity (Wildman–Crippen MR) is 74.5 cm³/mol. The molecule has 126 valence electrons. The molecule has 0 aromatic carbocycles. The van der Waals surface area contributed by atoms with Gasteiger partial charge >= 0.3 is 6.03 Å². The Bertz CT molecular complexity index is 351. The summed E-state index contributed by atoms with van der Waals surface area (Å²) in [5, 5.41) is 0. The molecule has 3 unspecified atom stereocenters. The fourth-order valence-electron chi connectivity index (χ4n) is 3.20. The molecule has 0 bridgehead atoms. The highest BCUT2D eigenvalue weighted by Crippen LogP contribution is 2.37. The first-order valence-electron chi connectivity index (χ1n) is 6.95. The lowest BCUT2D eigenvalue weighted by Crippen LogP contribution is -2.48. The van der Waals surface area contributed by atoms with Crippen LogP contribution in [0.1, 0.15) is 0 Å². The number of likely N-dealkylation sites (tertiary alicyclic amines) is 1. The minimum atomic E-state index is -0.453. The summed E-state index contributed by atoms with van der Waals surface area (Å²) in [6.45, 7) is 0.533. The molecule has 3 atom stereocenters. The summed E-state index contributed by atoms with van der Waals surface area (Å²) in [6, 6.07) is -0.585. The van der Waals surface area contributed by atoms with Crippen LogP contribution in [0.2, 0.25) is 0 Å². The second-order valence-corrected chi connectivity index (χ2v) is 5.25. The molecule has 22 heavy (non-hydrogen) atoms. The van der Waals surface area contributed by atoms with Gasteiger partial charge in [-0.05, 0) is 0 Å². The largest absolute Gasteiger partial charge is 0.384 e. The molecule has 2 aliphatic heterocycles. The number of ether oxygens (including phenoxy) is 4. The number of carbonyl (C=O) groups is 2. The Morgan fingerprint density at radius 3 is 1.91 bits per heavy atom. The van der Waals surface area contributed by atoms with Crippen LogP contribution >= 0.6 is 0 Å². The molecule has 0 spiro atoms. The summed E-state index contributed by atoms with van der Waals surface area (Å²) in [5.41, 5.74) is 0. The molecule has 2 fully saturated rings. The topological polar surface area (TPSA) is 80.8 Å². The van der Waals surface area contributed by atoms with Crippen LogP contribution in [0.25, 0.3) is 0 Å². The van der Waals surface area contributed by atoms with Gasteiger partial charge in [-0.1, -0.05) is 0 Å². The standard InChI is InChI=1S/C13H23N3O6/c1-19-5-9-10-11(15(7-21-3)12(9)17)16(8-22-4)13(18)14(10)6-20-2/h9-11H,5-8H2,1-4H3. The van der Waals surface area contributed by atoms with Gasteiger partial charge in [0, 0.05) is 28.4 Å². The van der Waals surface area contributed by atoms with Gasteiger partial charge in [0.2, 0.25) is 5.91 Å². The van der Waals surface area contributed by atoms with Gasteiger partial charge in [0.15, 0.2) is 0 Å². The zero-order chi connectivity index (χ0) is 16.3. The van der Waals surface area contributed by atoms with Gasteiger partial charge in [-0.15, -0.1) is 0 Å². The van der Waals surface area contributed by atoms with E-state index in [1.165, 1.54) is 33.3 Å². The van der Waals surface area contributed by atoms with Crippen molar-refractivity contribution in [1.29, 1.82) is 0 Å². The number of carbonyl (C=O) groups excluding carboxylic acids is 2. The van der Waals surface area contributed by atoms with Crippen LogP contribution in [0.5, 0.6) is 0 Å². The lowest BCUT2D eigenvalue weighted by atomic mass is 10.0. The van der Waals surface area contributed by atoms with Crippen LogP contribution in [0, 0.1) is 5.92 Å². The van der Waals surface area contributed by atoms with E-state index >= 15 is 0 Å². The Hall–Kier alpha value is -1.42. The third kappa shape index (κ3) is 2.65. The number of amides is 3. The van der Waals surface area contributed by atoms with Crippen LogP contribution in [-0.4, -0.2) is 94.1 Å². The minimum absolute atomic E-state index is 0.0907. The van der Waals surface area contributed by atoms with E-state index in [1.807, 2.05) is 0 Å². The Labute approximate surface area is 129 Å². The number of fused-ring (bicyclic) bond motifs is 1. The lowest BCUT2D eigenvalue weighted by molar-refractivity contribution is -0.140. The molecule has 0 radical (unpaired) electrons. The van der Waals surface area contributed by atoms with Gasteiger partial charge in [0.25, 0.3) is 0 Å². The van der Waals surface area contributed by atoms with Crippen molar-refractivity contribution in [2.45, 2.75) is 12.2 Å². The highest BCUT2D eigenvalue weighted by atomic mass is 16.5. The molecule has 0 aromatic heterocycles. The van der Waals surface area contributed by atoms with Crippen LogP contribution in [0.3, 0.4) is 0 Å². The zero-order valence-corrected chi connectivity index (χ0v) is 13.4. The van der Waals surface area contributed by atoms with Gasteiger partial charge in [-0.2, -0.15) is 0 Å². The summed E-state index contributed by atoms with van der Waals surface area (Å²) in [6.07, 6.45) is -0.449. The number of hydrogen-bond donors (Lipinski definition) is 0. The number of hydrogen-bond acceptors (Lipinski definition) is 6. The van der Waals surface area contributed by atoms with Crippen LogP contribution in [0.4, 0.5) is 4.79 Å². The maximum atomic E-state index is 12.6. The van der Waals surface area contributed by atoms with Crippen molar-refractivity contribution < 1.29 is 28.5 Å². The smallest absolute Gasteiger partial charge is 0.325 e. The number of methoxy groups -OCH3 is 4. The number of urea groups is 1. The summed E-state index contributed by atoms with van der Waals surface area (Å²) < 4.78 is 20.5. The van der Waals surface area contributed by atoms with Crippen LogP contribution in [0.15, 0.2) is 0 Å². The van der Waals surface area contributed by atoms with E-state index in [1.54, 1.807) is 9.80 Å². The SMILES string of the molecule is COCC1C(=O)N(COC)C2C1N(COC)C(=O)N2COC. The molecule has 2 aliphatic rings. The fourth-order valence-corrected chi connectivity index (χ4v) is 3.20. The molecule has 0 saturated carbocycles. The fraction of sp³-hybridized carbons (Fsp3) is 0.846. The van der Waals surface area contributed by atoms with Crippen molar-refractivity contribution in [2.75, 3.05) is 55.2 Å². The highest BCUT2D eigenvalue weighted by molar-refractivity contribution is 5.88. The maximum absolute atomic E-state index is 12.6. The number of rotatable bonds is 8. The molecule has 3 amide bonds. The molecule has 2 saturated heterocycles. The number of nitrogens with zero attached hydrogens (tertiary/aromatic N) is 3. The van der Waals surface area contributed by atoms with E-state index in [9.17, 15) is 9.59 Å². The lowest BCUT2D eigenvalue weighted by Gasteiger charge is -2.29. The molecule has 0 aliphatic carbocycles. The quantitative estimate of drug-likeness (QED) is 0.591.